The quantitative estimate of drug-likeness (QED) is 0.517. The second-order valence-corrected chi connectivity index (χ2v) is 8.82. The number of rotatable bonds is 7. The van der Waals surface area contributed by atoms with E-state index in [2.05, 4.69) is 16.0 Å². The van der Waals surface area contributed by atoms with E-state index in [4.69, 9.17) is 4.74 Å². The van der Waals surface area contributed by atoms with E-state index in [1.165, 1.54) is 17.9 Å². The number of urea groups is 1. The maximum absolute atomic E-state index is 15.0. The second kappa shape index (κ2) is 11.7. The SMILES string of the molecule is CC(=O)NC[C@H]1CN(c2ccc(N3CCN(CC(=O)NC(=O)Nc4ccccc4)CC3)c(F)c2)C(=O)O1. The molecule has 0 aromatic heterocycles. The summed E-state index contributed by atoms with van der Waals surface area (Å²) in [6.45, 7) is 3.84. The van der Waals surface area contributed by atoms with Crippen molar-refractivity contribution in [2.24, 2.45) is 0 Å². The highest BCUT2D eigenvalue weighted by molar-refractivity contribution is 6.01. The van der Waals surface area contributed by atoms with Crippen LogP contribution in [0, 0.1) is 5.82 Å². The Hall–Kier alpha value is -4.19. The van der Waals surface area contributed by atoms with Crippen molar-refractivity contribution in [1.82, 2.24) is 15.5 Å². The van der Waals surface area contributed by atoms with Gasteiger partial charge in [-0.3, -0.25) is 24.7 Å². The number of piperazine rings is 1. The van der Waals surface area contributed by atoms with E-state index in [-0.39, 0.29) is 25.5 Å². The van der Waals surface area contributed by atoms with Gasteiger partial charge in [-0.1, -0.05) is 18.2 Å². The van der Waals surface area contributed by atoms with Crippen LogP contribution in [-0.4, -0.2) is 80.8 Å². The number of benzene rings is 2. The Morgan fingerprint density at radius 2 is 1.78 bits per heavy atom. The number of hydrogen-bond acceptors (Lipinski definition) is 7. The molecule has 11 nitrogen and oxygen atoms in total. The molecule has 2 heterocycles. The van der Waals surface area contributed by atoms with Gasteiger partial charge >= 0.3 is 12.1 Å². The first-order chi connectivity index (χ1) is 17.8. The lowest BCUT2D eigenvalue weighted by Gasteiger charge is -2.36. The Morgan fingerprint density at radius 3 is 2.46 bits per heavy atom. The molecule has 0 saturated carbocycles. The van der Waals surface area contributed by atoms with Crippen molar-refractivity contribution >= 4 is 41.0 Å². The van der Waals surface area contributed by atoms with Crippen molar-refractivity contribution in [1.29, 1.82) is 0 Å². The molecular weight excluding hydrogens is 483 g/mol. The molecule has 2 aromatic rings. The summed E-state index contributed by atoms with van der Waals surface area (Å²) in [4.78, 5) is 52.6. The standard InChI is InChI=1S/C25H29FN6O5/c1-17(33)27-14-20-15-32(25(36)37-20)19-7-8-22(21(26)13-19)31-11-9-30(10-12-31)16-23(34)29-24(35)28-18-5-3-2-4-6-18/h2-8,13,20H,9-12,14-16H2,1H3,(H,27,33)(H2,28,29,34,35)/t20-/m0/s1. The highest BCUT2D eigenvalue weighted by Gasteiger charge is 2.33. The molecule has 5 amide bonds. The summed E-state index contributed by atoms with van der Waals surface area (Å²) in [5.41, 5.74) is 1.36. The van der Waals surface area contributed by atoms with E-state index in [0.29, 0.717) is 43.2 Å². The Kier molecular flexibility index (Phi) is 8.18. The van der Waals surface area contributed by atoms with E-state index >= 15 is 0 Å². The largest absolute Gasteiger partial charge is 0.442 e. The highest BCUT2D eigenvalue weighted by Crippen LogP contribution is 2.28. The summed E-state index contributed by atoms with van der Waals surface area (Å²) in [7, 11) is 0. The number of cyclic esters (lactones) is 1. The third-order valence-corrected chi connectivity index (χ3v) is 6.06. The number of carbonyl (C=O) groups excluding carboxylic acids is 4. The van der Waals surface area contributed by atoms with Crippen LogP contribution in [-0.2, 0) is 14.3 Å². The summed E-state index contributed by atoms with van der Waals surface area (Å²) in [6.07, 6.45) is -1.10. The number of para-hydroxylation sites is 1. The smallest absolute Gasteiger partial charge is 0.414 e. The number of hydrogen-bond donors (Lipinski definition) is 3. The van der Waals surface area contributed by atoms with Crippen molar-refractivity contribution in [2.75, 3.05) is 60.9 Å². The predicted octanol–water partition coefficient (Wildman–Crippen LogP) is 1.76. The molecule has 2 aliphatic heterocycles. The van der Waals surface area contributed by atoms with Crippen molar-refractivity contribution < 1.29 is 28.3 Å². The Bertz CT molecular complexity index is 1160. The molecule has 0 spiro atoms. The van der Waals surface area contributed by atoms with Crippen LogP contribution in [0.3, 0.4) is 0 Å². The van der Waals surface area contributed by atoms with Crippen molar-refractivity contribution in [3.8, 4) is 0 Å². The molecule has 37 heavy (non-hydrogen) atoms. The summed E-state index contributed by atoms with van der Waals surface area (Å²) in [5, 5.41) is 7.52. The van der Waals surface area contributed by atoms with Gasteiger partial charge in [-0.2, -0.15) is 0 Å². The molecular formula is C25H29FN6O5. The summed E-state index contributed by atoms with van der Waals surface area (Å²) >= 11 is 0. The molecule has 12 heteroatoms. The number of ether oxygens (including phenoxy) is 1. The van der Waals surface area contributed by atoms with E-state index in [1.54, 1.807) is 36.4 Å². The van der Waals surface area contributed by atoms with E-state index in [1.807, 2.05) is 15.9 Å². The average Bonchev–Trinajstić information content (AvgIpc) is 3.24. The minimum Gasteiger partial charge on any atom is -0.442 e. The molecule has 2 fully saturated rings. The van der Waals surface area contributed by atoms with Gasteiger partial charge in [0.1, 0.15) is 11.9 Å². The van der Waals surface area contributed by atoms with Crippen LogP contribution in [0.15, 0.2) is 48.5 Å². The number of carbonyl (C=O) groups is 4. The van der Waals surface area contributed by atoms with Crippen molar-refractivity contribution in [3.63, 3.8) is 0 Å². The lowest BCUT2D eigenvalue weighted by Crippen LogP contribution is -2.50. The fourth-order valence-corrected chi connectivity index (χ4v) is 4.22. The molecule has 2 saturated heterocycles. The maximum Gasteiger partial charge on any atom is 0.414 e. The van der Waals surface area contributed by atoms with Crippen LogP contribution in [0.4, 0.5) is 31.0 Å². The van der Waals surface area contributed by atoms with Gasteiger partial charge in [0.15, 0.2) is 0 Å². The predicted molar refractivity (Wildman–Crippen MR) is 135 cm³/mol. The summed E-state index contributed by atoms with van der Waals surface area (Å²) in [5.74, 6) is -1.12. The number of imide groups is 1. The van der Waals surface area contributed by atoms with Gasteiger partial charge in [0.05, 0.1) is 31.0 Å². The molecule has 4 rings (SSSR count). The number of nitrogens with one attached hydrogen (secondary N) is 3. The third kappa shape index (κ3) is 6.94. The van der Waals surface area contributed by atoms with Crippen molar-refractivity contribution in [2.45, 2.75) is 13.0 Å². The Labute approximate surface area is 213 Å². The second-order valence-electron chi connectivity index (χ2n) is 8.82. The Morgan fingerprint density at radius 1 is 1.05 bits per heavy atom. The first kappa shape index (κ1) is 25.9. The summed E-state index contributed by atoms with van der Waals surface area (Å²) < 4.78 is 20.2. The van der Waals surface area contributed by atoms with Gasteiger partial charge in [-0.25, -0.2) is 14.0 Å². The maximum atomic E-state index is 15.0. The number of halogens is 1. The normalized spacial score (nSPS) is 17.8. The topological polar surface area (TPSA) is 123 Å². The molecule has 3 N–H and O–H groups in total. The zero-order valence-electron chi connectivity index (χ0n) is 20.4. The minimum absolute atomic E-state index is 0.0498. The van der Waals surface area contributed by atoms with E-state index < -0.39 is 30.0 Å². The first-order valence-electron chi connectivity index (χ1n) is 11.9. The molecule has 0 radical (unpaired) electrons. The van der Waals surface area contributed by atoms with Crippen LogP contribution in [0.2, 0.25) is 0 Å². The highest BCUT2D eigenvalue weighted by atomic mass is 19.1. The fraction of sp³-hybridized carbons (Fsp3) is 0.360. The molecule has 0 bridgehead atoms. The number of anilines is 3. The lowest BCUT2D eigenvalue weighted by atomic mass is 10.2. The average molecular weight is 513 g/mol. The van der Waals surface area contributed by atoms with Gasteiger partial charge in [0.25, 0.3) is 0 Å². The Balaban J connectivity index is 1.25. The number of nitrogens with zero attached hydrogens (tertiary/aromatic N) is 3. The van der Waals surface area contributed by atoms with Crippen LogP contribution >= 0.6 is 0 Å². The van der Waals surface area contributed by atoms with Crippen LogP contribution in [0.5, 0.6) is 0 Å². The zero-order valence-corrected chi connectivity index (χ0v) is 20.4. The molecule has 1 atom stereocenters. The van der Waals surface area contributed by atoms with Crippen LogP contribution in [0.25, 0.3) is 0 Å². The number of amides is 5. The van der Waals surface area contributed by atoms with Gasteiger partial charge in [0.2, 0.25) is 11.8 Å². The third-order valence-electron chi connectivity index (χ3n) is 6.06. The minimum atomic E-state index is -0.597. The molecule has 0 unspecified atom stereocenters. The van der Waals surface area contributed by atoms with Crippen LogP contribution in [0.1, 0.15) is 6.92 Å². The van der Waals surface area contributed by atoms with Gasteiger partial charge in [-0.05, 0) is 30.3 Å². The first-order valence-corrected chi connectivity index (χ1v) is 11.9. The van der Waals surface area contributed by atoms with E-state index in [0.717, 1.165) is 0 Å². The zero-order chi connectivity index (χ0) is 26.4. The molecule has 2 aliphatic rings. The van der Waals surface area contributed by atoms with Gasteiger partial charge in [-0.15, -0.1) is 0 Å². The molecule has 196 valence electrons. The summed E-state index contributed by atoms with van der Waals surface area (Å²) in [6, 6.07) is 12.8. The monoisotopic (exact) mass is 512 g/mol. The van der Waals surface area contributed by atoms with Crippen molar-refractivity contribution in [3.05, 3.63) is 54.3 Å². The molecule has 0 aliphatic carbocycles. The van der Waals surface area contributed by atoms with Gasteiger partial charge < -0.3 is 20.3 Å². The lowest BCUT2D eigenvalue weighted by molar-refractivity contribution is -0.121. The van der Waals surface area contributed by atoms with Crippen LogP contribution < -0.4 is 25.8 Å². The van der Waals surface area contributed by atoms with E-state index in [9.17, 15) is 23.6 Å². The fourth-order valence-electron chi connectivity index (χ4n) is 4.22. The molecule has 2 aromatic carbocycles. The van der Waals surface area contributed by atoms with Gasteiger partial charge in [0, 0.05) is 38.8 Å².